The molecule has 1 aliphatic heterocycles. The van der Waals surface area contributed by atoms with Crippen LogP contribution < -0.4 is 9.64 Å². The third kappa shape index (κ3) is 5.21. The molecule has 0 N–H and O–H groups in total. The third-order valence-electron chi connectivity index (χ3n) is 5.37. The molecule has 1 aromatic heterocycles. The molecule has 1 saturated heterocycles. The molecule has 0 amide bonds. The van der Waals surface area contributed by atoms with Crippen LogP contribution in [0, 0.1) is 26.7 Å². The highest BCUT2D eigenvalue weighted by Gasteiger charge is 2.20. The summed E-state index contributed by atoms with van der Waals surface area (Å²) in [5.41, 5.74) is 4.27. The van der Waals surface area contributed by atoms with Gasteiger partial charge in [0.25, 0.3) is 0 Å². The zero-order chi connectivity index (χ0) is 19.9. The fourth-order valence-corrected chi connectivity index (χ4v) is 3.56. The second-order valence-corrected chi connectivity index (χ2v) is 7.49. The number of benzene rings is 1. The number of hydrogen-bond donors (Lipinski definition) is 0. The van der Waals surface area contributed by atoms with Crippen molar-refractivity contribution < 1.29 is 9.57 Å². The van der Waals surface area contributed by atoms with Crippen LogP contribution in [0.2, 0.25) is 0 Å². The van der Waals surface area contributed by atoms with E-state index in [1.165, 1.54) is 12.8 Å². The summed E-state index contributed by atoms with van der Waals surface area (Å²) in [7, 11) is 1.55. The van der Waals surface area contributed by atoms with Crippen LogP contribution in [0.25, 0.3) is 0 Å². The maximum Gasteiger partial charge on any atom is 0.151 e. The smallest absolute Gasteiger partial charge is 0.151 e. The van der Waals surface area contributed by atoms with Crippen LogP contribution in [0.4, 0.5) is 5.82 Å². The van der Waals surface area contributed by atoms with Crippen molar-refractivity contribution in [1.82, 2.24) is 10.2 Å². The molecule has 1 aliphatic rings. The van der Waals surface area contributed by atoms with Crippen molar-refractivity contribution in [3.8, 4) is 5.75 Å². The third-order valence-corrected chi connectivity index (χ3v) is 5.37. The minimum absolute atomic E-state index is 0.698. The number of anilines is 1. The first-order chi connectivity index (χ1) is 13.6. The lowest BCUT2D eigenvalue weighted by atomic mass is 9.94. The number of aromatic nitrogens is 2. The number of ether oxygens (including phenoxy) is 1. The summed E-state index contributed by atoms with van der Waals surface area (Å²) in [6.45, 7) is 8.92. The summed E-state index contributed by atoms with van der Waals surface area (Å²) in [6.07, 6.45) is 5.16. The highest BCUT2D eigenvalue weighted by atomic mass is 16.6. The van der Waals surface area contributed by atoms with Crippen molar-refractivity contribution in [2.24, 2.45) is 11.1 Å². The molecule has 0 saturated carbocycles. The Morgan fingerprint density at radius 2 is 1.89 bits per heavy atom. The molecule has 1 aromatic carbocycles. The molecule has 1 fully saturated rings. The van der Waals surface area contributed by atoms with Crippen LogP contribution in [-0.4, -0.2) is 43.2 Å². The monoisotopic (exact) mass is 382 g/mol. The van der Waals surface area contributed by atoms with Crippen LogP contribution in [0.3, 0.4) is 0 Å². The van der Waals surface area contributed by atoms with E-state index in [1.807, 2.05) is 13.0 Å². The Hall–Kier alpha value is -2.63. The fourth-order valence-electron chi connectivity index (χ4n) is 3.56. The van der Waals surface area contributed by atoms with E-state index in [2.05, 4.69) is 52.3 Å². The fraction of sp³-hybridized carbons (Fsp3) is 0.500. The van der Waals surface area contributed by atoms with E-state index in [1.54, 1.807) is 13.3 Å². The number of nitrogens with zero attached hydrogens (tertiary/aromatic N) is 4. The van der Waals surface area contributed by atoms with E-state index in [0.717, 1.165) is 60.1 Å². The van der Waals surface area contributed by atoms with Gasteiger partial charge in [-0.05, 0) is 86.9 Å². The topological polar surface area (TPSA) is 59.8 Å². The van der Waals surface area contributed by atoms with E-state index < -0.39 is 0 Å². The minimum Gasteiger partial charge on any atom is -0.493 e. The first-order valence-electron chi connectivity index (χ1n) is 9.92. The molecule has 2 heterocycles. The Morgan fingerprint density at radius 3 is 2.57 bits per heavy atom. The van der Waals surface area contributed by atoms with Gasteiger partial charge >= 0.3 is 0 Å². The molecule has 0 radical (unpaired) electrons. The zero-order valence-corrected chi connectivity index (χ0v) is 17.3. The highest BCUT2D eigenvalue weighted by molar-refractivity contribution is 5.82. The Bertz CT molecular complexity index is 797. The van der Waals surface area contributed by atoms with Gasteiger partial charge in [0.05, 0.1) is 18.5 Å². The van der Waals surface area contributed by atoms with Crippen molar-refractivity contribution in [2.45, 2.75) is 40.0 Å². The predicted octanol–water partition coefficient (Wildman–Crippen LogP) is 4.07. The summed E-state index contributed by atoms with van der Waals surface area (Å²) < 4.78 is 6.09. The van der Waals surface area contributed by atoms with Gasteiger partial charge in [-0.3, -0.25) is 0 Å². The van der Waals surface area contributed by atoms with Gasteiger partial charge < -0.3 is 14.5 Å². The molecule has 0 spiro atoms. The lowest BCUT2D eigenvalue weighted by Gasteiger charge is -2.32. The standard InChI is InChI=1S/C22H30N4O2/c1-16-14-21(17(2)13-20(16)15-23-27-4)28-12-9-19-7-10-26(11-8-19)22-6-5-18(3)24-25-22/h5-6,13-15,19H,7-12H2,1-4H3. The molecular weight excluding hydrogens is 352 g/mol. The highest BCUT2D eigenvalue weighted by Crippen LogP contribution is 2.26. The lowest BCUT2D eigenvalue weighted by molar-refractivity contribution is 0.215. The maximum atomic E-state index is 6.09. The van der Waals surface area contributed by atoms with Crippen molar-refractivity contribution in [3.63, 3.8) is 0 Å². The molecular formula is C22H30N4O2. The summed E-state index contributed by atoms with van der Waals surface area (Å²) in [4.78, 5) is 7.10. The molecule has 0 unspecified atom stereocenters. The second kappa shape index (κ2) is 9.53. The van der Waals surface area contributed by atoms with E-state index >= 15 is 0 Å². The Balaban J connectivity index is 1.46. The minimum atomic E-state index is 0.698. The van der Waals surface area contributed by atoms with Gasteiger partial charge in [0.1, 0.15) is 12.9 Å². The predicted molar refractivity (Wildman–Crippen MR) is 112 cm³/mol. The number of aryl methyl sites for hydroxylation is 3. The number of piperidine rings is 1. The first-order valence-corrected chi connectivity index (χ1v) is 9.92. The average Bonchev–Trinajstić information content (AvgIpc) is 2.70. The van der Waals surface area contributed by atoms with E-state index in [0.29, 0.717) is 5.92 Å². The van der Waals surface area contributed by atoms with Gasteiger partial charge in [0, 0.05) is 13.1 Å². The molecule has 0 aliphatic carbocycles. The van der Waals surface area contributed by atoms with E-state index in [9.17, 15) is 0 Å². The number of oxime groups is 1. The van der Waals surface area contributed by atoms with E-state index in [-0.39, 0.29) is 0 Å². The molecule has 3 rings (SSSR count). The van der Waals surface area contributed by atoms with Crippen molar-refractivity contribution in [2.75, 3.05) is 31.7 Å². The van der Waals surface area contributed by atoms with Gasteiger partial charge in [-0.25, -0.2) is 0 Å². The van der Waals surface area contributed by atoms with Crippen molar-refractivity contribution >= 4 is 12.0 Å². The Morgan fingerprint density at radius 1 is 1.11 bits per heavy atom. The van der Waals surface area contributed by atoms with Crippen LogP contribution in [-0.2, 0) is 4.84 Å². The van der Waals surface area contributed by atoms with E-state index in [4.69, 9.17) is 9.57 Å². The quantitative estimate of drug-likeness (QED) is 0.534. The molecule has 0 bridgehead atoms. The second-order valence-electron chi connectivity index (χ2n) is 7.49. The van der Waals surface area contributed by atoms with Crippen LogP contribution in [0.5, 0.6) is 5.75 Å². The molecule has 6 nitrogen and oxygen atoms in total. The van der Waals surface area contributed by atoms with Gasteiger partial charge in [-0.1, -0.05) is 5.16 Å². The summed E-state index contributed by atoms with van der Waals surface area (Å²) in [5.74, 6) is 2.65. The Kier molecular flexibility index (Phi) is 6.85. The molecule has 0 atom stereocenters. The number of rotatable bonds is 7. The van der Waals surface area contributed by atoms with Gasteiger partial charge in [0.15, 0.2) is 5.82 Å². The summed E-state index contributed by atoms with van der Waals surface area (Å²) in [5, 5.41) is 12.3. The lowest BCUT2D eigenvalue weighted by Crippen LogP contribution is -2.34. The van der Waals surface area contributed by atoms with Crippen LogP contribution >= 0.6 is 0 Å². The molecule has 150 valence electrons. The first kappa shape index (κ1) is 20.1. The Labute approximate surface area is 167 Å². The maximum absolute atomic E-state index is 6.09. The largest absolute Gasteiger partial charge is 0.493 e. The van der Waals surface area contributed by atoms with Crippen molar-refractivity contribution in [3.05, 3.63) is 46.6 Å². The van der Waals surface area contributed by atoms with Crippen LogP contribution in [0.15, 0.2) is 29.4 Å². The zero-order valence-electron chi connectivity index (χ0n) is 17.3. The number of hydrogen-bond acceptors (Lipinski definition) is 6. The average molecular weight is 383 g/mol. The summed E-state index contributed by atoms with van der Waals surface area (Å²) >= 11 is 0. The van der Waals surface area contributed by atoms with Gasteiger partial charge in [-0.15, -0.1) is 5.10 Å². The molecule has 2 aromatic rings. The van der Waals surface area contributed by atoms with Crippen molar-refractivity contribution in [1.29, 1.82) is 0 Å². The SMILES string of the molecule is CON=Cc1cc(C)c(OCCC2CCN(c3ccc(C)nn3)CC2)cc1C. The molecule has 6 heteroatoms. The van der Waals surface area contributed by atoms with Gasteiger partial charge in [-0.2, -0.15) is 5.10 Å². The summed E-state index contributed by atoms with van der Waals surface area (Å²) in [6, 6.07) is 8.27. The molecule has 28 heavy (non-hydrogen) atoms. The van der Waals surface area contributed by atoms with Gasteiger partial charge in [0.2, 0.25) is 0 Å². The van der Waals surface area contributed by atoms with Crippen LogP contribution in [0.1, 0.15) is 41.6 Å². The normalized spacial score (nSPS) is 15.2.